The molecule has 34 heavy (non-hydrogen) atoms. The molecule has 2 aliphatic rings. The van der Waals surface area contributed by atoms with Crippen LogP contribution in [0.15, 0.2) is 28.8 Å². The van der Waals surface area contributed by atoms with Gasteiger partial charge in [-0.1, -0.05) is 5.16 Å². The number of anilines is 1. The van der Waals surface area contributed by atoms with Crippen LogP contribution in [0.3, 0.4) is 0 Å². The molecule has 0 radical (unpaired) electrons. The van der Waals surface area contributed by atoms with Crippen LogP contribution in [0.2, 0.25) is 0 Å². The highest BCUT2D eigenvalue weighted by Crippen LogP contribution is 2.33. The van der Waals surface area contributed by atoms with Crippen LogP contribution >= 0.6 is 0 Å². The van der Waals surface area contributed by atoms with Gasteiger partial charge in [-0.25, -0.2) is 4.39 Å². The van der Waals surface area contributed by atoms with Crippen LogP contribution in [-0.2, 0) is 20.8 Å². The van der Waals surface area contributed by atoms with E-state index in [4.69, 9.17) is 18.7 Å². The van der Waals surface area contributed by atoms with E-state index in [0.717, 1.165) is 30.6 Å². The first-order valence-corrected chi connectivity index (χ1v) is 12.2. The smallest absolute Gasteiger partial charge is 0.232 e. The molecule has 188 valence electrons. The Labute approximate surface area is 200 Å². The fourth-order valence-corrected chi connectivity index (χ4v) is 4.45. The molecule has 3 heterocycles. The summed E-state index contributed by atoms with van der Waals surface area (Å²) in [7, 11) is 0. The van der Waals surface area contributed by atoms with Gasteiger partial charge in [-0.2, -0.15) is 0 Å². The lowest BCUT2D eigenvalue weighted by Crippen LogP contribution is -2.40. The molecule has 2 aromatic rings. The van der Waals surface area contributed by atoms with Crippen molar-refractivity contribution in [1.82, 2.24) is 10.1 Å². The Hall–Kier alpha value is -2.04. The number of halogens is 1. The number of aromatic nitrogens is 1. The molecule has 2 aliphatic heterocycles. The summed E-state index contributed by atoms with van der Waals surface area (Å²) < 4.78 is 36.5. The maximum absolute atomic E-state index is 13.6. The second-order valence-electron chi connectivity index (χ2n) is 9.29. The van der Waals surface area contributed by atoms with Crippen molar-refractivity contribution in [1.29, 1.82) is 0 Å². The van der Waals surface area contributed by atoms with E-state index in [9.17, 15) is 9.50 Å². The topological polar surface area (TPSA) is 80.4 Å². The van der Waals surface area contributed by atoms with Crippen molar-refractivity contribution in [3.05, 3.63) is 35.6 Å². The van der Waals surface area contributed by atoms with Gasteiger partial charge in [0.2, 0.25) is 5.88 Å². The highest BCUT2D eigenvalue weighted by molar-refractivity contribution is 5.68. The minimum absolute atomic E-state index is 0.0531. The molecule has 2 atom stereocenters. The van der Waals surface area contributed by atoms with E-state index >= 15 is 0 Å². The molecule has 4 rings (SSSR count). The largest absolute Gasteiger partial charge is 0.389 e. The summed E-state index contributed by atoms with van der Waals surface area (Å²) in [5, 5.41) is 15.1. The fourth-order valence-electron chi connectivity index (χ4n) is 4.45. The van der Waals surface area contributed by atoms with Crippen LogP contribution in [0.25, 0.3) is 11.3 Å². The molecule has 9 heteroatoms. The van der Waals surface area contributed by atoms with Gasteiger partial charge in [-0.3, -0.25) is 4.90 Å². The van der Waals surface area contributed by atoms with E-state index in [2.05, 4.69) is 15.0 Å². The van der Waals surface area contributed by atoms with Crippen LogP contribution in [0.4, 0.5) is 10.3 Å². The van der Waals surface area contributed by atoms with Crippen LogP contribution in [0, 0.1) is 5.82 Å². The van der Waals surface area contributed by atoms with E-state index in [1.54, 1.807) is 12.1 Å². The third-order valence-electron chi connectivity index (χ3n) is 6.14. The molecule has 2 saturated heterocycles. The van der Waals surface area contributed by atoms with Crippen LogP contribution in [0.1, 0.15) is 32.3 Å². The first kappa shape index (κ1) is 25.1. The highest BCUT2D eigenvalue weighted by atomic mass is 19.1. The Morgan fingerprint density at radius 1 is 1.21 bits per heavy atom. The van der Waals surface area contributed by atoms with E-state index in [1.165, 1.54) is 12.1 Å². The van der Waals surface area contributed by atoms with Gasteiger partial charge in [-0.05, 0) is 51.0 Å². The summed E-state index contributed by atoms with van der Waals surface area (Å²) in [6.45, 7) is 9.25. The number of morpholine rings is 1. The van der Waals surface area contributed by atoms with E-state index < -0.39 is 6.10 Å². The van der Waals surface area contributed by atoms with Gasteiger partial charge in [0.05, 0.1) is 43.7 Å². The number of aliphatic hydroxyl groups excluding tert-OH is 1. The number of nitrogens with zero attached hydrogens (tertiary/aromatic N) is 3. The van der Waals surface area contributed by atoms with Crippen molar-refractivity contribution in [2.75, 3.05) is 57.5 Å². The lowest BCUT2D eigenvalue weighted by Gasteiger charge is -2.30. The minimum Gasteiger partial charge on any atom is -0.389 e. The van der Waals surface area contributed by atoms with Crippen molar-refractivity contribution >= 4 is 5.88 Å². The van der Waals surface area contributed by atoms with Gasteiger partial charge in [0.25, 0.3) is 0 Å². The molecule has 1 aromatic carbocycles. The lowest BCUT2D eigenvalue weighted by molar-refractivity contribution is -0.0172. The molecule has 1 N–H and O–H groups in total. The number of ether oxygens (including phenoxy) is 3. The summed E-state index contributed by atoms with van der Waals surface area (Å²) in [5.41, 5.74) is 2.40. The van der Waals surface area contributed by atoms with Crippen LogP contribution in [-0.4, -0.2) is 86.1 Å². The van der Waals surface area contributed by atoms with Crippen LogP contribution < -0.4 is 4.90 Å². The second kappa shape index (κ2) is 12.1. The summed E-state index contributed by atoms with van der Waals surface area (Å²) in [6.07, 6.45) is 1.59. The number of benzene rings is 1. The predicted molar refractivity (Wildman–Crippen MR) is 126 cm³/mol. The Bertz CT molecular complexity index is 879. The Morgan fingerprint density at radius 2 is 1.97 bits per heavy atom. The van der Waals surface area contributed by atoms with Crippen LogP contribution in [0.5, 0.6) is 0 Å². The third kappa shape index (κ3) is 6.76. The van der Waals surface area contributed by atoms with Gasteiger partial charge < -0.3 is 28.7 Å². The van der Waals surface area contributed by atoms with Crippen molar-refractivity contribution in [2.45, 2.75) is 51.5 Å². The molecule has 0 aliphatic carbocycles. The van der Waals surface area contributed by atoms with Crippen molar-refractivity contribution in [3.8, 4) is 11.3 Å². The Balaban J connectivity index is 1.60. The molecular weight excluding hydrogens is 441 g/mol. The average Bonchev–Trinajstić information content (AvgIpc) is 3.49. The maximum Gasteiger partial charge on any atom is 0.232 e. The number of rotatable bonds is 11. The minimum atomic E-state index is -0.634. The number of hydrogen-bond donors (Lipinski definition) is 1. The zero-order valence-electron chi connectivity index (χ0n) is 20.1. The van der Waals surface area contributed by atoms with Crippen molar-refractivity contribution < 1.29 is 28.2 Å². The summed E-state index contributed by atoms with van der Waals surface area (Å²) in [4.78, 5) is 4.33. The molecule has 0 amide bonds. The average molecular weight is 478 g/mol. The van der Waals surface area contributed by atoms with E-state index in [0.29, 0.717) is 57.5 Å². The quantitative estimate of drug-likeness (QED) is 0.529. The first-order valence-electron chi connectivity index (χ1n) is 12.2. The van der Waals surface area contributed by atoms with Gasteiger partial charge >= 0.3 is 0 Å². The molecule has 0 saturated carbocycles. The Morgan fingerprint density at radius 3 is 2.65 bits per heavy atom. The van der Waals surface area contributed by atoms with Gasteiger partial charge in [0, 0.05) is 44.9 Å². The molecule has 2 unspecified atom stereocenters. The zero-order valence-corrected chi connectivity index (χ0v) is 20.1. The molecule has 1 aromatic heterocycles. The van der Waals surface area contributed by atoms with Gasteiger partial charge in [-0.15, -0.1) is 0 Å². The maximum atomic E-state index is 13.6. The third-order valence-corrected chi connectivity index (χ3v) is 6.14. The summed E-state index contributed by atoms with van der Waals surface area (Å²) in [6, 6.07) is 6.30. The molecular formula is C25H36FN3O5. The van der Waals surface area contributed by atoms with Gasteiger partial charge in [0.15, 0.2) is 0 Å². The summed E-state index contributed by atoms with van der Waals surface area (Å²) >= 11 is 0. The van der Waals surface area contributed by atoms with E-state index in [1.807, 2.05) is 13.8 Å². The predicted octanol–water partition coefficient (Wildman–Crippen LogP) is 3.08. The van der Waals surface area contributed by atoms with E-state index in [-0.39, 0.29) is 24.6 Å². The summed E-state index contributed by atoms with van der Waals surface area (Å²) in [5.74, 6) is 0.406. The monoisotopic (exact) mass is 477 g/mol. The Kier molecular flexibility index (Phi) is 8.91. The number of aliphatic hydroxyl groups is 1. The normalized spacial score (nSPS) is 19.9. The molecule has 0 bridgehead atoms. The van der Waals surface area contributed by atoms with Crippen molar-refractivity contribution in [3.63, 3.8) is 0 Å². The number of hydrogen-bond acceptors (Lipinski definition) is 8. The highest BCUT2D eigenvalue weighted by Gasteiger charge is 2.28. The molecule has 0 spiro atoms. The zero-order chi connectivity index (χ0) is 23.9. The fraction of sp³-hybridized carbons (Fsp3) is 0.640. The molecule has 2 fully saturated rings. The standard InChI is InChI=1S/C25H36FN3O5/c1-18(2)33-17-21(30)14-28(15-22-4-3-11-32-22)16-23-24(19-5-7-20(26)8-6-19)27-34-25(23)29-9-12-31-13-10-29/h5-8,18,21-22,30H,3-4,9-17H2,1-2H3. The second-order valence-corrected chi connectivity index (χ2v) is 9.29. The molecule has 8 nitrogen and oxygen atoms in total. The SMILES string of the molecule is CC(C)OCC(O)CN(Cc1c(-c2ccc(F)cc2)noc1N1CCOCC1)CC1CCCO1. The lowest BCUT2D eigenvalue weighted by atomic mass is 10.1. The first-order chi connectivity index (χ1) is 16.5. The van der Waals surface area contributed by atoms with Crippen molar-refractivity contribution in [2.24, 2.45) is 0 Å². The van der Waals surface area contributed by atoms with Gasteiger partial charge in [0.1, 0.15) is 11.5 Å².